The zero-order valence-corrected chi connectivity index (χ0v) is 12.2. The molecule has 0 aliphatic rings. The summed E-state index contributed by atoms with van der Waals surface area (Å²) in [5.74, 6) is -1.87. The van der Waals surface area contributed by atoms with Crippen LogP contribution in [0.4, 0.5) is 20.2 Å². The number of rotatable bonds is 4. The Bertz CT molecular complexity index is 665. The van der Waals surface area contributed by atoms with Crippen LogP contribution in [0.2, 0.25) is 0 Å². The van der Waals surface area contributed by atoms with E-state index in [2.05, 4.69) is 5.32 Å². The van der Waals surface area contributed by atoms with E-state index in [1.54, 1.807) is 12.1 Å². The first kappa shape index (κ1) is 14.6. The van der Waals surface area contributed by atoms with Gasteiger partial charge in [0, 0.05) is 16.2 Å². The van der Waals surface area contributed by atoms with Crippen molar-refractivity contribution in [1.29, 1.82) is 0 Å². The second-order valence-corrected chi connectivity index (χ2v) is 5.27. The molecule has 0 aliphatic heterocycles. The van der Waals surface area contributed by atoms with E-state index in [0.717, 1.165) is 15.7 Å². The van der Waals surface area contributed by atoms with E-state index >= 15 is 0 Å². The fourth-order valence-corrected chi connectivity index (χ4v) is 2.13. The highest BCUT2D eigenvalue weighted by molar-refractivity contribution is 14.1. The number of benzene rings is 2. The lowest BCUT2D eigenvalue weighted by molar-refractivity contribution is -0.384. The molecule has 1 N–H and O–H groups in total. The van der Waals surface area contributed by atoms with E-state index < -0.39 is 16.6 Å². The topological polar surface area (TPSA) is 55.2 Å². The maximum absolute atomic E-state index is 13.1. The second-order valence-electron chi connectivity index (χ2n) is 4.02. The highest BCUT2D eigenvalue weighted by atomic mass is 127. The smallest absolute Gasteiger partial charge is 0.293 e. The van der Waals surface area contributed by atoms with Crippen molar-refractivity contribution in [2.45, 2.75) is 6.54 Å². The van der Waals surface area contributed by atoms with E-state index in [4.69, 9.17) is 0 Å². The van der Waals surface area contributed by atoms with Crippen LogP contribution in [0.5, 0.6) is 0 Å². The quantitative estimate of drug-likeness (QED) is 0.486. The fourth-order valence-electron chi connectivity index (χ4n) is 1.65. The lowest BCUT2D eigenvalue weighted by Gasteiger charge is -2.08. The summed E-state index contributed by atoms with van der Waals surface area (Å²) in [6.07, 6.45) is 0. The standard InChI is InChI=1S/C13H9F2IN2O2/c14-10-3-1-8(5-11(10)15)7-17-12-4-2-9(16)6-13(12)18(19)20/h1-6,17H,7H2. The third kappa shape index (κ3) is 3.41. The Morgan fingerprint density at radius 3 is 2.55 bits per heavy atom. The predicted octanol–water partition coefficient (Wildman–Crippen LogP) is 4.09. The van der Waals surface area contributed by atoms with Crippen LogP contribution >= 0.6 is 22.6 Å². The Morgan fingerprint density at radius 1 is 1.15 bits per heavy atom. The van der Waals surface area contributed by atoms with E-state index in [1.807, 2.05) is 22.6 Å². The van der Waals surface area contributed by atoms with E-state index in [1.165, 1.54) is 12.1 Å². The van der Waals surface area contributed by atoms with Gasteiger partial charge in [0.25, 0.3) is 5.69 Å². The number of nitrogens with zero attached hydrogens (tertiary/aromatic N) is 1. The number of halogens is 3. The van der Waals surface area contributed by atoms with Crippen molar-refractivity contribution in [3.05, 3.63) is 67.3 Å². The molecule has 0 spiro atoms. The lowest BCUT2D eigenvalue weighted by atomic mass is 10.2. The molecule has 0 aromatic heterocycles. The zero-order chi connectivity index (χ0) is 14.7. The van der Waals surface area contributed by atoms with Crippen LogP contribution in [0.1, 0.15) is 5.56 Å². The highest BCUT2D eigenvalue weighted by Gasteiger charge is 2.14. The van der Waals surface area contributed by atoms with Crippen LogP contribution in [0, 0.1) is 25.3 Å². The summed E-state index contributed by atoms with van der Waals surface area (Å²) in [7, 11) is 0. The maximum Gasteiger partial charge on any atom is 0.293 e. The normalized spacial score (nSPS) is 10.3. The summed E-state index contributed by atoms with van der Waals surface area (Å²) in [6, 6.07) is 8.24. The minimum atomic E-state index is -0.943. The van der Waals surface area contributed by atoms with Crippen LogP contribution in [-0.2, 0) is 6.54 Å². The van der Waals surface area contributed by atoms with Gasteiger partial charge in [-0.05, 0) is 52.4 Å². The summed E-state index contributed by atoms with van der Waals surface area (Å²) in [5.41, 5.74) is 0.774. The molecule has 0 heterocycles. The molecular formula is C13H9F2IN2O2. The Hall–Kier alpha value is -1.77. The number of anilines is 1. The predicted molar refractivity (Wildman–Crippen MR) is 79.5 cm³/mol. The van der Waals surface area contributed by atoms with Gasteiger partial charge in [0.05, 0.1) is 4.92 Å². The van der Waals surface area contributed by atoms with Gasteiger partial charge in [-0.25, -0.2) is 8.78 Å². The Morgan fingerprint density at radius 2 is 1.90 bits per heavy atom. The minimum absolute atomic E-state index is 0.0560. The molecule has 2 aromatic carbocycles. The molecule has 0 fully saturated rings. The zero-order valence-electron chi connectivity index (χ0n) is 10.1. The van der Waals surface area contributed by atoms with Gasteiger partial charge in [-0.3, -0.25) is 10.1 Å². The third-order valence-corrected chi connectivity index (χ3v) is 3.29. The Labute approximate surface area is 127 Å². The Balaban J connectivity index is 2.18. The summed E-state index contributed by atoms with van der Waals surface area (Å²) in [5, 5.41) is 13.8. The highest BCUT2D eigenvalue weighted by Crippen LogP contribution is 2.26. The largest absolute Gasteiger partial charge is 0.375 e. The van der Waals surface area contributed by atoms with Crippen molar-refractivity contribution in [2.75, 3.05) is 5.32 Å². The van der Waals surface area contributed by atoms with Crippen molar-refractivity contribution in [3.63, 3.8) is 0 Å². The van der Waals surface area contributed by atoms with Crippen LogP contribution in [0.15, 0.2) is 36.4 Å². The molecule has 20 heavy (non-hydrogen) atoms. The van der Waals surface area contributed by atoms with Crippen molar-refractivity contribution in [3.8, 4) is 0 Å². The average molecular weight is 390 g/mol. The molecule has 7 heteroatoms. The summed E-state index contributed by atoms with van der Waals surface area (Å²) < 4.78 is 26.6. The molecule has 4 nitrogen and oxygen atoms in total. The molecule has 104 valence electrons. The number of nitro benzene ring substituents is 1. The van der Waals surface area contributed by atoms with Gasteiger partial charge in [-0.2, -0.15) is 0 Å². The number of nitrogens with one attached hydrogen (secondary N) is 1. The molecule has 0 saturated heterocycles. The van der Waals surface area contributed by atoms with Gasteiger partial charge in [-0.15, -0.1) is 0 Å². The van der Waals surface area contributed by atoms with Gasteiger partial charge < -0.3 is 5.32 Å². The Kier molecular flexibility index (Phi) is 4.48. The molecule has 2 rings (SSSR count). The molecule has 0 unspecified atom stereocenters. The molecule has 2 aromatic rings. The average Bonchev–Trinajstić information content (AvgIpc) is 2.41. The van der Waals surface area contributed by atoms with Gasteiger partial charge in [-0.1, -0.05) is 6.07 Å². The van der Waals surface area contributed by atoms with Crippen molar-refractivity contribution >= 4 is 34.0 Å². The van der Waals surface area contributed by atoms with Crippen LogP contribution < -0.4 is 5.32 Å². The molecular weight excluding hydrogens is 381 g/mol. The van der Waals surface area contributed by atoms with Gasteiger partial charge in [0.15, 0.2) is 11.6 Å². The van der Waals surface area contributed by atoms with Gasteiger partial charge in [0.2, 0.25) is 0 Å². The van der Waals surface area contributed by atoms with Crippen molar-refractivity contribution in [2.24, 2.45) is 0 Å². The molecule has 0 aliphatic carbocycles. The molecule has 0 bridgehead atoms. The first-order valence-electron chi connectivity index (χ1n) is 5.59. The van der Waals surface area contributed by atoms with E-state index in [-0.39, 0.29) is 12.2 Å². The summed E-state index contributed by atoms with van der Waals surface area (Å²) >= 11 is 1.98. The summed E-state index contributed by atoms with van der Waals surface area (Å²) in [6.45, 7) is 0.165. The third-order valence-electron chi connectivity index (χ3n) is 2.62. The monoisotopic (exact) mass is 390 g/mol. The molecule has 0 radical (unpaired) electrons. The van der Waals surface area contributed by atoms with Crippen molar-refractivity contribution in [1.82, 2.24) is 0 Å². The molecule has 0 atom stereocenters. The molecule has 0 amide bonds. The minimum Gasteiger partial charge on any atom is -0.375 e. The van der Waals surface area contributed by atoms with Crippen molar-refractivity contribution < 1.29 is 13.7 Å². The molecule has 0 saturated carbocycles. The van der Waals surface area contributed by atoms with Gasteiger partial charge >= 0.3 is 0 Å². The maximum atomic E-state index is 13.1. The lowest BCUT2D eigenvalue weighted by Crippen LogP contribution is -2.03. The number of hydrogen-bond donors (Lipinski definition) is 1. The van der Waals surface area contributed by atoms with Crippen LogP contribution in [0.25, 0.3) is 0 Å². The first-order valence-corrected chi connectivity index (χ1v) is 6.67. The van der Waals surface area contributed by atoms with Gasteiger partial charge in [0.1, 0.15) is 5.69 Å². The van der Waals surface area contributed by atoms with Crippen LogP contribution in [0.3, 0.4) is 0 Å². The fraction of sp³-hybridized carbons (Fsp3) is 0.0769. The second kappa shape index (κ2) is 6.12. The van der Waals surface area contributed by atoms with E-state index in [9.17, 15) is 18.9 Å². The summed E-state index contributed by atoms with van der Waals surface area (Å²) in [4.78, 5) is 10.4. The number of hydrogen-bond acceptors (Lipinski definition) is 3. The first-order chi connectivity index (χ1) is 9.47. The van der Waals surface area contributed by atoms with Crippen LogP contribution in [-0.4, -0.2) is 4.92 Å². The number of nitro groups is 1. The SMILES string of the molecule is O=[N+]([O-])c1cc(I)ccc1NCc1ccc(F)c(F)c1. The van der Waals surface area contributed by atoms with E-state index in [0.29, 0.717) is 11.3 Å².